The van der Waals surface area contributed by atoms with Crippen molar-refractivity contribution in [2.45, 2.75) is 45.3 Å². The van der Waals surface area contributed by atoms with Gasteiger partial charge < -0.3 is 4.74 Å². The highest BCUT2D eigenvalue weighted by Gasteiger charge is 2.30. The van der Waals surface area contributed by atoms with Gasteiger partial charge in [-0.25, -0.2) is 4.39 Å². The van der Waals surface area contributed by atoms with Gasteiger partial charge in [0.1, 0.15) is 5.82 Å². The lowest BCUT2D eigenvalue weighted by molar-refractivity contribution is 0.104. The van der Waals surface area contributed by atoms with Crippen LogP contribution in [-0.2, 0) is 24.4 Å². The van der Waals surface area contributed by atoms with Crippen LogP contribution in [0.1, 0.15) is 42.5 Å². The Labute approximate surface area is 148 Å². The zero-order chi connectivity index (χ0) is 17.2. The third kappa shape index (κ3) is 4.10. The van der Waals surface area contributed by atoms with Gasteiger partial charge in [-0.05, 0) is 43.4 Å². The van der Waals surface area contributed by atoms with E-state index in [2.05, 4.69) is 15.8 Å². The third-order valence-corrected chi connectivity index (χ3v) is 5.11. The summed E-state index contributed by atoms with van der Waals surface area (Å²) in [5.41, 5.74) is 3.67. The Morgan fingerprint density at radius 1 is 1.24 bits per heavy atom. The van der Waals surface area contributed by atoms with Gasteiger partial charge in [0.2, 0.25) is 0 Å². The number of halogens is 1. The Hall–Kier alpha value is -1.72. The fourth-order valence-corrected chi connectivity index (χ4v) is 3.67. The summed E-state index contributed by atoms with van der Waals surface area (Å²) < 4.78 is 21.0. The third-order valence-electron chi connectivity index (χ3n) is 5.11. The molecule has 4 rings (SSSR count). The predicted molar refractivity (Wildman–Crippen MR) is 94.7 cm³/mol. The van der Waals surface area contributed by atoms with Gasteiger partial charge in [0.05, 0.1) is 12.3 Å². The maximum atomic E-state index is 13.1. The van der Waals surface area contributed by atoms with E-state index in [1.807, 2.05) is 19.1 Å². The Morgan fingerprint density at radius 3 is 2.76 bits per heavy atom. The van der Waals surface area contributed by atoms with E-state index in [-0.39, 0.29) is 5.82 Å². The Morgan fingerprint density at radius 2 is 2.04 bits per heavy atom. The van der Waals surface area contributed by atoms with Crippen molar-refractivity contribution in [2.24, 2.45) is 5.92 Å². The molecule has 25 heavy (non-hydrogen) atoms. The zero-order valence-electron chi connectivity index (χ0n) is 14.8. The fraction of sp³-hybridized carbons (Fsp3) is 0.550. The Kier molecular flexibility index (Phi) is 4.86. The molecule has 0 N–H and O–H groups in total. The molecule has 1 aromatic carbocycles. The second-order valence-corrected chi connectivity index (χ2v) is 7.36. The Balaban J connectivity index is 1.50. The second kappa shape index (κ2) is 7.26. The average molecular weight is 343 g/mol. The molecule has 134 valence electrons. The highest BCUT2D eigenvalue weighted by Crippen LogP contribution is 2.33. The molecule has 0 spiro atoms. The molecule has 2 aliphatic rings. The molecule has 0 amide bonds. The van der Waals surface area contributed by atoms with Crippen molar-refractivity contribution in [3.63, 3.8) is 0 Å². The van der Waals surface area contributed by atoms with E-state index in [0.717, 1.165) is 44.3 Å². The molecule has 5 heteroatoms. The van der Waals surface area contributed by atoms with Crippen molar-refractivity contribution < 1.29 is 9.13 Å². The number of benzene rings is 1. The number of hydrogen-bond acceptors (Lipinski definition) is 3. The summed E-state index contributed by atoms with van der Waals surface area (Å²) in [4.78, 5) is 2.42. The number of ether oxygens (including phenoxy) is 1. The lowest BCUT2D eigenvalue weighted by atomic mass is 9.97. The summed E-state index contributed by atoms with van der Waals surface area (Å²) >= 11 is 0. The van der Waals surface area contributed by atoms with Crippen molar-refractivity contribution in [3.05, 3.63) is 53.1 Å². The van der Waals surface area contributed by atoms with Crippen LogP contribution in [0.25, 0.3) is 0 Å². The summed E-state index contributed by atoms with van der Waals surface area (Å²) in [6.07, 6.45) is 4.90. The van der Waals surface area contributed by atoms with Gasteiger partial charge >= 0.3 is 0 Å². The minimum absolute atomic E-state index is 0.180. The van der Waals surface area contributed by atoms with Gasteiger partial charge in [-0.2, -0.15) is 5.10 Å². The van der Waals surface area contributed by atoms with Gasteiger partial charge in [0, 0.05) is 50.5 Å². The molecule has 0 bridgehead atoms. The molecule has 1 saturated carbocycles. The Bertz CT molecular complexity index is 708. The monoisotopic (exact) mass is 343 g/mol. The first-order valence-electron chi connectivity index (χ1n) is 9.32. The van der Waals surface area contributed by atoms with Gasteiger partial charge in [-0.3, -0.25) is 9.58 Å². The fourth-order valence-electron chi connectivity index (χ4n) is 3.67. The standard InChI is InChI=1S/C20H26FN3O/c1-2-25-14-18-12-23(9-15-5-7-19(21)8-6-15)11-17-13-24(22-20(17)18)10-16-3-4-16/h5-8,13,16,18H,2-4,9-12,14H2,1H3. The summed E-state index contributed by atoms with van der Waals surface area (Å²) in [7, 11) is 0. The lowest BCUT2D eigenvalue weighted by Gasteiger charge is -2.31. The first-order valence-corrected chi connectivity index (χ1v) is 9.32. The summed E-state index contributed by atoms with van der Waals surface area (Å²) in [5, 5.41) is 4.88. The van der Waals surface area contributed by atoms with Crippen LogP contribution in [0, 0.1) is 11.7 Å². The van der Waals surface area contributed by atoms with E-state index in [1.165, 1.54) is 36.2 Å². The minimum Gasteiger partial charge on any atom is -0.381 e. The van der Waals surface area contributed by atoms with Crippen LogP contribution < -0.4 is 0 Å². The quantitative estimate of drug-likeness (QED) is 0.770. The summed E-state index contributed by atoms with van der Waals surface area (Å²) in [6.45, 7) is 7.19. The maximum Gasteiger partial charge on any atom is 0.123 e. The van der Waals surface area contributed by atoms with Crippen molar-refractivity contribution >= 4 is 0 Å². The molecule has 1 aliphatic heterocycles. The second-order valence-electron chi connectivity index (χ2n) is 7.36. The molecule has 1 unspecified atom stereocenters. The van der Waals surface area contributed by atoms with Crippen LogP contribution in [0.4, 0.5) is 4.39 Å². The van der Waals surface area contributed by atoms with Gasteiger partial charge in [-0.15, -0.1) is 0 Å². The molecule has 2 heterocycles. The number of hydrogen-bond donors (Lipinski definition) is 0. The number of fused-ring (bicyclic) bond motifs is 1. The lowest BCUT2D eigenvalue weighted by Crippen LogP contribution is -2.34. The van der Waals surface area contributed by atoms with Gasteiger partial charge in [0.15, 0.2) is 0 Å². The molecule has 0 radical (unpaired) electrons. The predicted octanol–water partition coefficient (Wildman–Crippen LogP) is 3.57. The number of rotatable bonds is 7. The van der Waals surface area contributed by atoms with E-state index in [9.17, 15) is 4.39 Å². The first kappa shape index (κ1) is 16.7. The average Bonchev–Trinajstić information content (AvgIpc) is 3.32. The number of nitrogens with zero attached hydrogens (tertiary/aromatic N) is 3. The summed E-state index contributed by atoms with van der Waals surface area (Å²) in [6, 6.07) is 6.82. The van der Waals surface area contributed by atoms with Crippen molar-refractivity contribution in [3.8, 4) is 0 Å². The van der Waals surface area contributed by atoms with Gasteiger partial charge in [0.25, 0.3) is 0 Å². The largest absolute Gasteiger partial charge is 0.381 e. The van der Waals surface area contributed by atoms with Crippen molar-refractivity contribution in [2.75, 3.05) is 19.8 Å². The highest BCUT2D eigenvalue weighted by molar-refractivity contribution is 5.25. The van der Waals surface area contributed by atoms with E-state index in [4.69, 9.17) is 9.84 Å². The minimum atomic E-state index is -0.180. The molecule has 1 aromatic heterocycles. The van der Waals surface area contributed by atoms with Crippen LogP contribution in [0.5, 0.6) is 0 Å². The summed E-state index contributed by atoms with van der Waals surface area (Å²) in [5.74, 6) is 0.951. The van der Waals surface area contributed by atoms with E-state index in [1.54, 1.807) is 0 Å². The van der Waals surface area contributed by atoms with Gasteiger partial charge in [-0.1, -0.05) is 12.1 Å². The normalized spacial score (nSPS) is 20.6. The molecular formula is C20H26FN3O. The zero-order valence-corrected chi connectivity index (χ0v) is 14.8. The first-order chi connectivity index (χ1) is 12.2. The molecule has 1 fully saturated rings. The van der Waals surface area contributed by atoms with Crippen molar-refractivity contribution in [1.29, 1.82) is 0 Å². The van der Waals surface area contributed by atoms with Crippen LogP contribution in [0.2, 0.25) is 0 Å². The van der Waals surface area contributed by atoms with Crippen LogP contribution in [-0.4, -0.2) is 34.4 Å². The van der Waals surface area contributed by atoms with Crippen LogP contribution in [0.15, 0.2) is 30.5 Å². The number of aromatic nitrogens is 2. The van der Waals surface area contributed by atoms with Crippen LogP contribution in [0.3, 0.4) is 0 Å². The van der Waals surface area contributed by atoms with E-state index in [0.29, 0.717) is 12.5 Å². The molecule has 0 saturated heterocycles. The van der Waals surface area contributed by atoms with Crippen LogP contribution >= 0.6 is 0 Å². The molecule has 1 atom stereocenters. The SMILES string of the molecule is CCOCC1CN(Cc2ccc(F)cc2)Cc2cn(CC3CC3)nc21. The molecule has 2 aromatic rings. The smallest absolute Gasteiger partial charge is 0.123 e. The molecule has 1 aliphatic carbocycles. The highest BCUT2D eigenvalue weighted by atomic mass is 19.1. The molecule has 4 nitrogen and oxygen atoms in total. The topological polar surface area (TPSA) is 30.3 Å². The van der Waals surface area contributed by atoms with Crippen molar-refractivity contribution in [1.82, 2.24) is 14.7 Å². The molecular weight excluding hydrogens is 317 g/mol. The van der Waals surface area contributed by atoms with E-state index < -0.39 is 0 Å². The maximum absolute atomic E-state index is 13.1. The van der Waals surface area contributed by atoms with E-state index >= 15 is 0 Å².